The highest BCUT2D eigenvalue weighted by Gasteiger charge is 2.51. The molecule has 3 aliphatic rings. The third kappa shape index (κ3) is 3.34. The van der Waals surface area contributed by atoms with Crippen molar-refractivity contribution in [1.29, 1.82) is 0 Å². The van der Waals surface area contributed by atoms with Crippen LogP contribution in [-0.4, -0.2) is 56.0 Å². The molecule has 1 aromatic rings. The lowest BCUT2D eigenvalue weighted by atomic mass is 9.78. The number of hydrogen-bond donors (Lipinski definition) is 1. The Kier molecular flexibility index (Phi) is 4.90. The fourth-order valence-corrected chi connectivity index (χ4v) is 4.91. The molecule has 0 radical (unpaired) electrons. The zero-order chi connectivity index (χ0) is 19.0. The summed E-state index contributed by atoms with van der Waals surface area (Å²) in [5, 5.41) is 3.09. The minimum atomic E-state index is -0.116. The summed E-state index contributed by atoms with van der Waals surface area (Å²) in [4.78, 5) is 14.0. The van der Waals surface area contributed by atoms with E-state index >= 15 is 0 Å². The van der Waals surface area contributed by atoms with Crippen molar-refractivity contribution in [2.24, 2.45) is 0 Å². The highest BCUT2D eigenvalue weighted by Crippen LogP contribution is 2.45. The first kappa shape index (κ1) is 18.4. The van der Waals surface area contributed by atoms with Gasteiger partial charge >= 0.3 is 0 Å². The van der Waals surface area contributed by atoms with Gasteiger partial charge in [-0.15, -0.1) is 0 Å². The van der Waals surface area contributed by atoms with Crippen LogP contribution in [0.2, 0.25) is 0 Å². The van der Waals surface area contributed by atoms with E-state index < -0.39 is 0 Å². The molecule has 27 heavy (non-hydrogen) atoms. The summed E-state index contributed by atoms with van der Waals surface area (Å²) < 4.78 is 22.6. The van der Waals surface area contributed by atoms with Crippen molar-refractivity contribution in [2.75, 3.05) is 27.6 Å². The van der Waals surface area contributed by atoms with E-state index in [9.17, 15) is 4.79 Å². The number of nitrogens with one attached hydrogen (secondary N) is 1. The SMILES string of the molecule is COc1cc(CN2CC[C@]3(OC)CC[C@@H](NC(C)=O)C[C@H]23)cc2c1OCO2. The minimum absolute atomic E-state index is 0.0370. The molecule has 2 heterocycles. The molecule has 1 aliphatic carbocycles. The second-order valence-corrected chi connectivity index (χ2v) is 7.71. The van der Waals surface area contributed by atoms with Crippen molar-refractivity contribution in [3.05, 3.63) is 17.7 Å². The average Bonchev–Trinajstić information content (AvgIpc) is 3.26. The predicted octanol–water partition coefficient (Wildman–Crippen LogP) is 2.07. The lowest BCUT2D eigenvalue weighted by Gasteiger charge is -2.44. The molecule has 2 fully saturated rings. The molecule has 1 saturated carbocycles. The minimum Gasteiger partial charge on any atom is -0.493 e. The smallest absolute Gasteiger partial charge is 0.231 e. The van der Waals surface area contributed by atoms with Gasteiger partial charge in [0.1, 0.15) is 0 Å². The Balaban J connectivity index is 1.54. The predicted molar refractivity (Wildman–Crippen MR) is 99.1 cm³/mol. The first-order valence-electron chi connectivity index (χ1n) is 9.57. The van der Waals surface area contributed by atoms with E-state index in [0.29, 0.717) is 11.5 Å². The van der Waals surface area contributed by atoms with Crippen LogP contribution in [0, 0.1) is 0 Å². The molecule has 7 heteroatoms. The van der Waals surface area contributed by atoms with E-state index in [0.717, 1.165) is 50.1 Å². The van der Waals surface area contributed by atoms with Gasteiger partial charge in [0.15, 0.2) is 11.5 Å². The summed E-state index contributed by atoms with van der Waals surface area (Å²) in [5.41, 5.74) is 1.01. The first-order chi connectivity index (χ1) is 13.0. The second kappa shape index (κ2) is 7.20. The van der Waals surface area contributed by atoms with E-state index in [4.69, 9.17) is 18.9 Å². The normalized spacial score (nSPS) is 29.4. The molecule has 7 nitrogen and oxygen atoms in total. The fourth-order valence-electron chi connectivity index (χ4n) is 4.91. The zero-order valence-electron chi connectivity index (χ0n) is 16.2. The zero-order valence-corrected chi connectivity index (χ0v) is 16.2. The lowest BCUT2D eigenvalue weighted by molar-refractivity contribution is -0.121. The maximum atomic E-state index is 11.5. The fraction of sp³-hybridized carbons (Fsp3) is 0.650. The van der Waals surface area contributed by atoms with Gasteiger partial charge in [0, 0.05) is 39.2 Å². The molecule has 0 spiro atoms. The van der Waals surface area contributed by atoms with E-state index in [1.54, 1.807) is 14.0 Å². The maximum absolute atomic E-state index is 11.5. The molecule has 148 valence electrons. The Hall–Kier alpha value is -1.99. The van der Waals surface area contributed by atoms with E-state index in [1.807, 2.05) is 19.2 Å². The van der Waals surface area contributed by atoms with Crippen LogP contribution in [0.15, 0.2) is 12.1 Å². The summed E-state index contributed by atoms with van der Waals surface area (Å²) in [6.45, 7) is 3.58. The van der Waals surface area contributed by atoms with Gasteiger partial charge < -0.3 is 24.3 Å². The quantitative estimate of drug-likeness (QED) is 0.849. The van der Waals surface area contributed by atoms with Gasteiger partial charge in [-0.2, -0.15) is 0 Å². The number of benzene rings is 1. The molecule has 1 N–H and O–H groups in total. The summed E-state index contributed by atoms with van der Waals surface area (Å²) >= 11 is 0. The van der Waals surface area contributed by atoms with Crippen molar-refractivity contribution in [2.45, 2.75) is 56.8 Å². The monoisotopic (exact) mass is 376 g/mol. The van der Waals surface area contributed by atoms with E-state index in [-0.39, 0.29) is 30.4 Å². The number of likely N-dealkylation sites (tertiary alicyclic amines) is 1. The Morgan fingerprint density at radius 2 is 2.19 bits per heavy atom. The molecular weight excluding hydrogens is 348 g/mol. The molecule has 1 amide bonds. The number of carbonyl (C=O) groups excluding carboxylic acids is 1. The van der Waals surface area contributed by atoms with Crippen LogP contribution < -0.4 is 19.5 Å². The number of nitrogens with zero attached hydrogens (tertiary/aromatic N) is 1. The number of ether oxygens (including phenoxy) is 4. The van der Waals surface area contributed by atoms with Gasteiger partial charge in [0.05, 0.1) is 12.7 Å². The number of rotatable bonds is 5. The van der Waals surface area contributed by atoms with Crippen molar-refractivity contribution < 1.29 is 23.7 Å². The number of methoxy groups -OCH3 is 2. The Bertz CT molecular complexity index is 725. The third-order valence-corrected chi connectivity index (χ3v) is 6.21. The van der Waals surface area contributed by atoms with Crippen molar-refractivity contribution >= 4 is 5.91 Å². The molecule has 1 aromatic carbocycles. The number of amides is 1. The van der Waals surface area contributed by atoms with Gasteiger partial charge in [-0.1, -0.05) is 0 Å². The standard InChI is InChI=1S/C20H28N2O5/c1-13(23)21-15-4-5-20(25-3)6-7-22(18(20)10-15)11-14-8-16(24-2)19-17(9-14)26-12-27-19/h8-9,15,18H,4-7,10-12H2,1-3H3,(H,21,23)/t15-,18+,20-/m1/s1. The van der Waals surface area contributed by atoms with Crippen LogP contribution in [0.1, 0.15) is 38.2 Å². The molecule has 0 bridgehead atoms. The molecular formula is C20H28N2O5. The molecule has 0 aromatic heterocycles. The van der Waals surface area contributed by atoms with Gasteiger partial charge in [-0.25, -0.2) is 0 Å². The van der Waals surface area contributed by atoms with Gasteiger partial charge in [0.25, 0.3) is 0 Å². The van der Waals surface area contributed by atoms with Crippen LogP contribution in [0.5, 0.6) is 17.2 Å². The van der Waals surface area contributed by atoms with Crippen LogP contribution >= 0.6 is 0 Å². The van der Waals surface area contributed by atoms with Crippen molar-refractivity contribution in [3.8, 4) is 17.2 Å². The van der Waals surface area contributed by atoms with Crippen molar-refractivity contribution in [1.82, 2.24) is 10.2 Å². The summed E-state index contributed by atoms with van der Waals surface area (Å²) in [7, 11) is 3.46. The van der Waals surface area contributed by atoms with E-state index in [2.05, 4.69) is 10.2 Å². The highest BCUT2D eigenvalue weighted by molar-refractivity contribution is 5.73. The van der Waals surface area contributed by atoms with Crippen LogP contribution in [-0.2, 0) is 16.1 Å². The largest absolute Gasteiger partial charge is 0.493 e. The molecule has 1 saturated heterocycles. The summed E-state index contributed by atoms with van der Waals surface area (Å²) in [6, 6.07) is 4.55. The molecule has 4 rings (SSSR count). The Labute approximate surface area is 159 Å². The summed E-state index contributed by atoms with van der Waals surface area (Å²) in [6.07, 6.45) is 3.87. The third-order valence-electron chi connectivity index (χ3n) is 6.21. The Morgan fingerprint density at radius 3 is 2.93 bits per heavy atom. The topological polar surface area (TPSA) is 69.3 Å². The molecule has 0 unspecified atom stereocenters. The van der Waals surface area contributed by atoms with Gasteiger partial charge in [-0.05, 0) is 43.4 Å². The maximum Gasteiger partial charge on any atom is 0.231 e. The van der Waals surface area contributed by atoms with Crippen LogP contribution in [0.3, 0.4) is 0 Å². The van der Waals surface area contributed by atoms with Gasteiger partial charge in [0.2, 0.25) is 18.4 Å². The average molecular weight is 376 g/mol. The highest BCUT2D eigenvalue weighted by atomic mass is 16.7. The Morgan fingerprint density at radius 1 is 1.33 bits per heavy atom. The molecule has 3 atom stereocenters. The number of carbonyl (C=O) groups is 1. The molecule has 2 aliphatic heterocycles. The van der Waals surface area contributed by atoms with Crippen LogP contribution in [0.25, 0.3) is 0 Å². The lowest BCUT2D eigenvalue weighted by Crippen LogP contribution is -2.54. The number of fused-ring (bicyclic) bond motifs is 2. The summed E-state index contributed by atoms with van der Waals surface area (Å²) in [5.74, 6) is 2.16. The van der Waals surface area contributed by atoms with Gasteiger partial charge in [-0.3, -0.25) is 9.69 Å². The first-order valence-corrected chi connectivity index (χ1v) is 9.57. The second-order valence-electron chi connectivity index (χ2n) is 7.71. The number of hydrogen-bond acceptors (Lipinski definition) is 6. The van der Waals surface area contributed by atoms with E-state index in [1.165, 1.54) is 0 Å². The van der Waals surface area contributed by atoms with Crippen LogP contribution in [0.4, 0.5) is 0 Å². The van der Waals surface area contributed by atoms with Crippen molar-refractivity contribution in [3.63, 3.8) is 0 Å².